The molecule has 0 unspecified atom stereocenters. The van der Waals surface area contributed by atoms with E-state index in [1.54, 1.807) is 12.1 Å². The van der Waals surface area contributed by atoms with Crippen molar-refractivity contribution < 1.29 is 4.92 Å². The second kappa shape index (κ2) is 5.41. The number of anilines is 2. The summed E-state index contributed by atoms with van der Waals surface area (Å²) in [5, 5.41) is 19.5. The number of nitro groups is 1. The molecule has 0 saturated carbocycles. The summed E-state index contributed by atoms with van der Waals surface area (Å²) < 4.78 is 0.761. The van der Waals surface area contributed by atoms with Gasteiger partial charge < -0.3 is 10.6 Å². The Morgan fingerprint density at radius 2 is 2.16 bits per heavy atom. The van der Waals surface area contributed by atoms with E-state index in [9.17, 15) is 10.1 Å². The molecule has 0 fully saturated rings. The summed E-state index contributed by atoms with van der Waals surface area (Å²) in [6.07, 6.45) is 0. The molecule has 0 saturated heterocycles. The molecule has 1 heterocycles. The lowest BCUT2D eigenvalue weighted by atomic mass is 10.3. The number of nitrogens with zero attached hydrogens (tertiary/aromatic N) is 4. The zero-order chi connectivity index (χ0) is 14.0. The lowest BCUT2D eigenvalue weighted by molar-refractivity contribution is -0.383. The molecule has 9 heteroatoms. The molecule has 0 aliphatic rings. The first-order valence-corrected chi connectivity index (χ1v) is 6.83. The number of benzene rings is 1. The minimum atomic E-state index is -0.501. The monoisotopic (exact) mass is 297 g/mol. The second-order valence-electron chi connectivity index (χ2n) is 3.82. The van der Waals surface area contributed by atoms with Crippen LogP contribution in [0.4, 0.5) is 16.5 Å². The van der Waals surface area contributed by atoms with Crippen LogP contribution in [0, 0.1) is 10.1 Å². The third kappa shape index (κ3) is 3.12. The summed E-state index contributed by atoms with van der Waals surface area (Å²) in [5.41, 5.74) is 5.69. The summed E-state index contributed by atoms with van der Waals surface area (Å²) in [6, 6.07) is 4.61. The van der Waals surface area contributed by atoms with Crippen molar-refractivity contribution in [1.82, 2.24) is 10.2 Å². The number of rotatable bonds is 4. The van der Waals surface area contributed by atoms with Crippen molar-refractivity contribution in [3.8, 4) is 0 Å². The molecule has 1 aromatic heterocycles. The Kier molecular flexibility index (Phi) is 3.86. The molecular weight excluding hydrogens is 286 g/mol. The average Bonchev–Trinajstić information content (AvgIpc) is 2.77. The van der Waals surface area contributed by atoms with Crippen LogP contribution < -0.4 is 10.6 Å². The van der Waals surface area contributed by atoms with Crippen molar-refractivity contribution in [3.63, 3.8) is 0 Å². The molecule has 0 atom stereocenters. The largest absolute Gasteiger partial charge is 0.393 e. The van der Waals surface area contributed by atoms with Crippen molar-refractivity contribution in [3.05, 3.63) is 28.3 Å². The smallest absolute Gasteiger partial charge is 0.292 e. The molecule has 0 spiro atoms. The summed E-state index contributed by atoms with van der Waals surface area (Å²) in [5.74, 6) is 0. The van der Waals surface area contributed by atoms with Gasteiger partial charge in [0.05, 0.1) is 4.92 Å². The van der Waals surface area contributed by atoms with E-state index in [-0.39, 0.29) is 11.4 Å². The van der Waals surface area contributed by atoms with Crippen LogP contribution in [0.2, 0.25) is 0 Å². The Morgan fingerprint density at radius 1 is 1.42 bits per heavy atom. The molecule has 0 aliphatic heterocycles. The summed E-state index contributed by atoms with van der Waals surface area (Å²) >= 11 is 2.82. The van der Waals surface area contributed by atoms with Crippen molar-refractivity contribution >= 4 is 39.6 Å². The maximum atomic E-state index is 10.7. The lowest BCUT2D eigenvalue weighted by Crippen LogP contribution is -2.07. The third-order valence-corrected chi connectivity index (χ3v) is 4.31. The number of hydrogen-bond donors (Lipinski definition) is 1. The first-order valence-electron chi connectivity index (χ1n) is 5.20. The maximum absolute atomic E-state index is 10.7. The fourth-order valence-corrected chi connectivity index (χ4v) is 3.07. The Morgan fingerprint density at radius 3 is 2.68 bits per heavy atom. The first-order chi connectivity index (χ1) is 8.97. The van der Waals surface area contributed by atoms with Gasteiger partial charge in [-0.1, -0.05) is 23.1 Å². The van der Waals surface area contributed by atoms with E-state index in [0.717, 1.165) is 14.4 Å². The predicted molar refractivity (Wildman–Crippen MR) is 75.9 cm³/mol. The van der Waals surface area contributed by atoms with Crippen molar-refractivity contribution in [2.45, 2.75) is 9.24 Å². The van der Waals surface area contributed by atoms with Gasteiger partial charge in [-0.15, -0.1) is 10.2 Å². The normalized spacial score (nSPS) is 10.4. The van der Waals surface area contributed by atoms with Crippen LogP contribution in [0.1, 0.15) is 0 Å². The Bertz CT molecular complexity index is 614. The zero-order valence-electron chi connectivity index (χ0n) is 10.2. The number of hydrogen-bond acceptors (Lipinski definition) is 8. The third-order valence-electron chi connectivity index (χ3n) is 2.18. The summed E-state index contributed by atoms with van der Waals surface area (Å²) in [6.45, 7) is 0. The number of aromatic nitrogens is 2. The topological polar surface area (TPSA) is 98.2 Å². The molecule has 0 radical (unpaired) electrons. The molecule has 100 valence electrons. The molecule has 2 aromatic rings. The lowest BCUT2D eigenvalue weighted by Gasteiger charge is -2.03. The molecule has 1 aromatic carbocycles. The molecular formula is C10H11N5O2S2. The number of nitrogens with two attached hydrogens (primary N) is 1. The first kappa shape index (κ1) is 13.6. The van der Waals surface area contributed by atoms with Crippen LogP contribution in [0.5, 0.6) is 0 Å². The molecule has 0 amide bonds. The highest BCUT2D eigenvalue weighted by Gasteiger charge is 2.13. The maximum Gasteiger partial charge on any atom is 0.292 e. The summed E-state index contributed by atoms with van der Waals surface area (Å²) in [4.78, 5) is 12.8. The van der Waals surface area contributed by atoms with Gasteiger partial charge in [-0.05, 0) is 12.1 Å². The van der Waals surface area contributed by atoms with E-state index in [0.29, 0.717) is 0 Å². The van der Waals surface area contributed by atoms with Gasteiger partial charge in [0.2, 0.25) is 5.13 Å². The highest BCUT2D eigenvalue weighted by molar-refractivity contribution is 8.01. The van der Waals surface area contributed by atoms with E-state index in [4.69, 9.17) is 5.73 Å². The van der Waals surface area contributed by atoms with E-state index in [1.165, 1.54) is 29.2 Å². The highest BCUT2D eigenvalue weighted by atomic mass is 32.2. The number of nitro benzene ring substituents is 1. The molecule has 2 N–H and O–H groups in total. The van der Waals surface area contributed by atoms with Crippen LogP contribution in [0.3, 0.4) is 0 Å². The Balaban J connectivity index is 2.19. The SMILES string of the molecule is CN(C)c1nnc(Sc2ccc([N+](=O)[O-])c(N)c2)s1. The van der Waals surface area contributed by atoms with Crippen LogP contribution in [0.15, 0.2) is 27.4 Å². The number of nitrogen functional groups attached to an aromatic ring is 1. The van der Waals surface area contributed by atoms with E-state index >= 15 is 0 Å². The van der Waals surface area contributed by atoms with Crippen LogP contribution in [-0.4, -0.2) is 29.2 Å². The quantitative estimate of drug-likeness (QED) is 0.525. The Hall–Kier alpha value is -1.87. The van der Waals surface area contributed by atoms with E-state index in [1.807, 2.05) is 19.0 Å². The Labute approximate surface area is 117 Å². The van der Waals surface area contributed by atoms with Crippen molar-refractivity contribution in [2.75, 3.05) is 24.7 Å². The van der Waals surface area contributed by atoms with Gasteiger partial charge in [0.25, 0.3) is 5.69 Å². The standard InChI is InChI=1S/C10H11N5O2S2/c1-14(2)9-12-13-10(19-9)18-6-3-4-8(15(16)17)7(11)5-6/h3-5H,11H2,1-2H3. The minimum Gasteiger partial charge on any atom is -0.393 e. The molecule has 2 rings (SSSR count). The minimum absolute atomic E-state index is 0.0874. The fourth-order valence-electron chi connectivity index (χ4n) is 1.29. The fraction of sp³-hybridized carbons (Fsp3) is 0.200. The van der Waals surface area contributed by atoms with E-state index in [2.05, 4.69) is 10.2 Å². The second-order valence-corrected chi connectivity index (χ2v) is 6.10. The van der Waals surface area contributed by atoms with Crippen molar-refractivity contribution in [1.29, 1.82) is 0 Å². The van der Waals surface area contributed by atoms with Crippen LogP contribution in [0.25, 0.3) is 0 Å². The van der Waals surface area contributed by atoms with Gasteiger partial charge >= 0.3 is 0 Å². The van der Waals surface area contributed by atoms with Crippen LogP contribution >= 0.6 is 23.1 Å². The van der Waals surface area contributed by atoms with Gasteiger partial charge in [0.15, 0.2) is 4.34 Å². The molecule has 0 bridgehead atoms. The summed E-state index contributed by atoms with van der Waals surface area (Å²) in [7, 11) is 3.78. The van der Waals surface area contributed by atoms with Gasteiger partial charge in [-0.25, -0.2) is 0 Å². The molecule has 7 nitrogen and oxygen atoms in total. The molecule has 0 aliphatic carbocycles. The van der Waals surface area contributed by atoms with Gasteiger partial charge in [0.1, 0.15) is 5.69 Å². The van der Waals surface area contributed by atoms with Gasteiger partial charge in [-0.3, -0.25) is 10.1 Å². The zero-order valence-corrected chi connectivity index (χ0v) is 11.9. The predicted octanol–water partition coefficient (Wildman–Crippen LogP) is 2.25. The van der Waals surface area contributed by atoms with E-state index < -0.39 is 4.92 Å². The average molecular weight is 297 g/mol. The van der Waals surface area contributed by atoms with Crippen LogP contribution in [-0.2, 0) is 0 Å². The van der Waals surface area contributed by atoms with Crippen molar-refractivity contribution in [2.24, 2.45) is 0 Å². The van der Waals surface area contributed by atoms with Gasteiger partial charge in [-0.2, -0.15) is 0 Å². The molecule has 19 heavy (non-hydrogen) atoms. The van der Waals surface area contributed by atoms with Gasteiger partial charge in [0, 0.05) is 25.1 Å². The highest BCUT2D eigenvalue weighted by Crippen LogP contribution is 2.35.